The number of H-pyrrole nitrogens is 1. The van der Waals surface area contributed by atoms with Crippen molar-refractivity contribution < 1.29 is 5.95 Å². The molecule has 3 heterocycles. The molecule has 0 saturated heterocycles. The number of nitrogens with one attached hydrogen (secondary N) is 2. The summed E-state index contributed by atoms with van der Waals surface area (Å²) in [5.41, 5.74) is 5.02. The minimum atomic E-state index is -0.351. The molecule has 1 aromatic carbocycles. The minimum Gasteiger partial charge on any atom is -0.354 e. The lowest BCUT2D eigenvalue weighted by Crippen LogP contribution is -2.05. The number of rotatable bonds is 5. The SMILES string of the molecule is CNCc1ccc(-c2cc(-c3nc(-c4c[nH]c(=O)c(Cl)c4)cnc3C)on2)cc1.[HH]. The van der Waals surface area contributed by atoms with Gasteiger partial charge in [-0.3, -0.25) is 9.78 Å². The molecule has 0 aliphatic carbocycles. The van der Waals surface area contributed by atoms with Gasteiger partial charge in [0, 0.05) is 31.4 Å². The maximum atomic E-state index is 11.5. The molecule has 0 spiro atoms. The summed E-state index contributed by atoms with van der Waals surface area (Å²) in [5, 5.41) is 7.40. The van der Waals surface area contributed by atoms with E-state index in [0.29, 0.717) is 28.4 Å². The third-order valence-corrected chi connectivity index (χ3v) is 4.76. The van der Waals surface area contributed by atoms with Crippen LogP contribution in [0.25, 0.3) is 34.0 Å². The molecule has 0 fully saturated rings. The van der Waals surface area contributed by atoms with Crippen molar-refractivity contribution in [2.75, 3.05) is 7.05 Å². The van der Waals surface area contributed by atoms with Crippen LogP contribution in [0, 0.1) is 6.92 Å². The standard InChI is InChI=1S/C21H18ClN5O2.H2/c1-12-20(26-18(11-24-12)15-7-16(22)21(28)25-10-15)19-8-17(27-29-19)14-5-3-13(4-6-14)9-23-2;/h3-8,10-11,23H,9H2,1-2H3,(H,25,28);1H. The molecular weight excluding hydrogens is 390 g/mol. The third-order valence-electron chi connectivity index (χ3n) is 4.48. The summed E-state index contributed by atoms with van der Waals surface area (Å²) in [5.74, 6) is 0.515. The molecule has 0 radical (unpaired) electrons. The first-order chi connectivity index (χ1) is 14.0. The van der Waals surface area contributed by atoms with Crippen molar-refractivity contribution >= 4 is 11.6 Å². The predicted molar refractivity (Wildman–Crippen MR) is 114 cm³/mol. The highest BCUT2D eigenvalue weighted by Gasteiger charge is 2.15. The normalized spacial score (nSPS) is 11.0. The fourth-order valence-corrected chi connectivity index (χ4v) is 3.12. The van der Waals surface area contributed by atoms with Crippen LogP contribution in [0.5, 0.6) is 0 Å². The third kappa shape index (κ3) is 3.96. The number of hydrogen-bond acceptors (Lipinski definition) is 6. The van der Waals surface area contributed by atoms with E-state index in [0.717, 1.165) is 17.8 Å². The average Bonchev–Trinajstić information content (AvgIpc) is 3.21. The number of aryl methyl sites for hydroxylation is 1. The van der Waals surface area contributed by atoms with Gasteiger partial charge in [0.25, 0.3) is 5.56 Å². The van der Waals surface area contributed by atoms with Gasteiger partial charge in [-0.1, -0.05) is 41.0 Å². The summed E-state index contributed by atoms with van der Waals surface area (Å²) in [7, 11) is 1.91. The van der Waals surface area contributed by atoms with Crippen LogP contribution in [0.15, 0.2) is 58.1 Å². The van der Waals surface area contributed by atoms with E-state index in [1.807, 2.05) is 44.3 Å². The van der Waals surface area contributed by atoms with Crippen molar-refractivity contribution in [1.82, 2.24) is 25.4 Å². The predicted octanol–water partition coefficient (Wildman–Crippen LogP) is 4.08. The van der Waals surface area contributed by atoms with Gasteiger partial charge in [-0.05, 0) is 25.6 Å². The first-order valence-electron chi connectivity index (χ1n) is 8.98. The van der Waals surface area contributed by atoms with Gasteiger partial charge in [0.15, 0.2) is 5.76 Å². The lowest BCUT2D eigenvalue weighted by molar-refractivity contribution is 0.433. The quantitative estimate of drug-likeness (QED) is 0.515. The Kier molecular flexibility index (Phi) is 5.24. The maximum absolute atomic E-state index is 11.5. The van der Waals surface area contributed by atoms with Crippen LogP contribution in [0.2, 0.25) is 5.02 Å². The van der Waals surface area contributed by atoms with Crippen molar-refractivity contribution in [3.8, 4) is 34.0 Å². The second-order valence-electron chi connectivity index (χ2n) is 6.56. The van der Waals surface area contributed by atoms with Gasteiger partial charge in [0.2, 0.25) is 0 Å². The number of halogens is 1. The zero-order valence-corrected chi connectivity index (χ0v) is 16.6. The zero-order chi connectivity index (χ0) is 20.4. The molecule has 0 aliphatic heterocycles. The molecule has 0 saturated carbocycles. The van der Waals surface area contributed by atoms with Crippen molar-refractivity contribution in [2.45, 2.75) is 13.5 Å². The molecule has 7 nitrogen and oxygen atoms in total. The van der Waals surface area contributed by atoms with Crippen LogP contribution in [0.1, 0.15) is 12.7 Å². The van der Waals surface area contributed by atoms with Crippen molar-refractivity contribution in [1.29, 1.82) is 0 Å². The summed E-state index contributed by atoms with van der Waals surface area (Å²) < 4.78 is 5.55. The molecule has 8 heteroatoms. The maximum Gasteiger partial charge on any atom is 0.266 e. The van der Waals surface area contributed by atoms with Crippen molar-refractivity contribution in [2.24, 2.45) is 0 Å². The van der Waals surface area contributed by atoms with Gasteiger partial charge in [0.1, 0.15) is 16.4 Å². The number of nitrogens with zero attached hydrogens (tertiary/aromatic N) is 3. The van der Waals surface area contributed by atoms with E-state index >= 15 is 0 Å². The molecular formula is C21H20ClN5O2. The molecule has 148 valence electrons. The Bertz CT molecular complexity index is 1220. The van der Waals surface area contributed by atoms with Gasteiger partial charge < -0.3 is 14.8 Å². The van der Waals surface area contributed by atoms with Crippen LogP contribution in [-0.4, -0.2) is 27.2 Å². The summed E-state index contributed by atoms with van der Waals surface area (Å²) in [4.78, 5) is 23.1. The fourth-order valence-electron chi connectivity index (χ4n) is 2.95. The highest BCUT2D eigenvalue weighted by atomic mass is 35.5. The second-order valence-corrected chi connectivity index (χ2v) is 6.97. The molecule has 0 unspecified atom stereocenters. The molecule has 4 aromatic rings. The fraction of sp³-hybridized carbons (Fsp3) is 0.143. The van der Waals surface area contributed by atoms with E-state index < -0.39 is 0 Å². The minimum absolute atomic E-state index is 0. The molecule has 29 heavy (non-hydrogen) atoms. The molecule has 4 rings (SSSR count). The Morgan fingerprint density at radius 1 is 1.17 bits per heavy atom. The largest absolute Gasteiger partial charge is 0.354 e. The number of benzene rings is 1. The van der Waals surface area contributed by atoms with Crippen LogP contribution < -0.4 is 10.9 Å². The summed E-state index contributed by atoms with van der Waals surface area (Å²) in [6, 6.07) is 11.5. The Morgan fingerprint density at radius 3 is 2.69 bits per heavy atom. The summed E-state index contributed by atoms with van der Waals surface area (Å²) in [6.07, 6.45) is 3.18. The van der Waals surface area contributed by atoms with E-state index in [2.05, 4.69) is 25.4 Å². The molecule has 0 aliphatic rings. The smallest absolute Gasteiger partial charge is 0.266 e. The van der Waals surface area contributed by atoms with Crippen LogP contribution in [0.4, 0.5) is 0 Å². The van der Waals surface area contributed by atoms with E-state index in [-0.39, 0.29) is 12.0 Å². The number of pyridine rings is 1. The zero-order valence-electron chi connectivity index (χ0n) is 15.9. The molecule has 0 atom stereocenters. The molecule has 3 aromatic heterocycles. The molecule has 0 bridgehead atoms. The lowest BCUT2D eigenvalue weighted by atomic mass is 10.1. The van der Waals surface area contributed by atoms with Crippen molar-refractivity contribution in [3.05, 3.63) is 75.4 Å². The summed E-state index contributed by atoms with van der Waals surface area (Å²) in [6.45, 7) is 2.65. The van der Waals surface area contributed by atoms with Gasteiger partial charge in [-0.25, -0.2) is 4.98 Å². The number of aromatic nitrogens is 4. The van der Waals surface area contributed by atoms with E-state index in [9.17, 15) is 4.79 Å². The second kappa shape index (κ2) is 7.98. The van der Waals surface area contributed by atoms with E-state index in [1.165, 1.54) is 5.56 Å². The Labute approximate surface area is 173 Å². The van der Waals surface area contributed by atoms with Gasteiger partial charge >= 0.3 is 0 Å². The monoisotopic (exact) mass is 409 g/mol. The number of aromatic amines is 1. The summed E-state index contributed by atoms with van der Waals surface area (Å²) >= 11 is 5.93. The molecule has 0 amide bonds. The highest BCUT2D eigenvalue weighted by Crippen LogP contribution is 2.28. The lowest BCUT2D eigenvalue weighted by Gasteiger charge is -2.05. The van der Waals surface area contributed by atoms with Crippen molar-refractivity contribution in [3.63, 3.8) is 0 Å². The average molecular weight is 410 g/mol. The van der Waals surface area contributed by atoms with E-state index in [1.54, 1.807) is 18.5 Å². The Balaban J connectivity index is 0.00000256. The van der Waals surface area contributed by atoms with Gasteiger partial charge in [-0.2, -0.15) is 0 Å². The first-order valence-corrected chi connectivity index (χ1v) is 9.36. The van der Waals surface area contributed by atoms with E-state index in [4.69, 9.17) is 16.1 Å². The van der Waals surface area contributed by atoms with Crippen LogP contribution in [0.3, 0.4) is 0 Å². The highest BCUT2D eigenvalue weighted by molar-refractivity contribution is 6.30. The van der Waals surface area contributed by atoms with Crippen LogP contribution >= 0.6 is 11.6 Å². The molecule has 2 N–H and O–H groups in total. The first kappa shape index (κ1) is 19.0. The number of hydrogen-bond donors (Lipinski definition) is 2. The topological polar surface area (TPSA) is 96.7 Å². The Morgan fingerprint density at radius 2 is 1.97 bits per heavy atom. The van der Waals surface area contributed by atoms with Gasteiger partial charge in [0.05, 0.1) is 17.6 Å². The Hall–Kier alpha value is -3.29. The van der Waals surface area contributed by atoms with Crippen LogP contribution in [-0.2, 0) is 6.54 Å². The van der Waals surface area contributed by atoms with Gasteiger partial charge in [-0.15, -0.1) is 0 Å².